The van der Waals surface area contributed by atoms with Crippen molar-refractivity contribution in [1.82, 2.24) is 10.7 Å². The predicted molar refractivity (Wildman–Crippen MR) is 104 cm³/mol. The van der Waals surface area contributed by atoms with Gasteiger partial charge in [-0.05, 0) is 17.7 Å². The number of nitrogens with two attached hydrogens (primary N) is 1. The van der Waals surface area contributed by atoms with Gasteiger partial charge in [-0.1, -0.05) is 48.5 Å². The van der Waals surface area contributed by atoms with E-state index in [0.717, 1.165) is 5.69 Å². The molecule has 1 unspecified atom stereocenters. The van der Waals surface area contributed by atoms with Crippen molar-refractivity contribution in [3.8, 4) is 12.1 Å². The fourth-order valence-corrected chi connectivity index (χ4v) is 3.02. The zero-order chi connectivity index (χ0) is 18.6. The normalized spacial score (nSPS) is 19.3. The van der Waals surface area contributed by atoms with Crippen molar-refractivity contribution >= 4 is 23.9 Å². The van der Waals surface area contributed by atoms with Gasteiger partial charge >= 0.3 is 0 Å². The Morgan fingerprint density at radius 3 is 2.15 bits per heavy atom. The molecule has 7 heteroatoms. The van der Waals surface area contributed by atoms with Crippen LogP contribution in [0.1, 0.15) is 5.56 Å². The fourth-order valence-electron chi connectivity index (χ4n) is 2.68. The molecule has 0 fully saturated rings. The molecule has 5 N–H and O–H groups in total. The lowest BCUT2D eigenvalue weighted by molar-refractivity contribution is 0.513. The van der Waals surface area contributed by atoms with E-state index in [1.54, 1.807) is 0 Å². The number of hydrogen-bond acceptors (Lipinski definition) is 7. The lowest BCUT2D eigenvalue weighted by Gasteiger charge is -2.36. The number of thiol groups is 1. The number of nitrogens with zero attached hydrogens (tertiary/aromatic N) is 2. The number of rotatable bonds is 4. The van der Waals surface area contributed by atoms with Crippen LogP contribution in [0.25, 0.3) is 5.57 Å². The second kappa shape index (κ2) is 7.24. The third-order valence-electron chi connectivity index (χ3n) is 3.89. The van der Waals surface area contributed by atoms with Crippen molar-refractivity contribution in [2.45, 2.75) is 4.99 Å². The number of hydrogen-bond donors (Lipinski definition) is 5. The van der Waals surface area contributed by atoms with Crippen molar-refractivity contribution in [1.29, 1.82) is 10.5 Å². The molecule has 0 bridgehead atoms. The lowest BCUT2D eigenvalue weighted by atomic mass is 9.90. The van der Waals surface area contributed by atoms with E-state index in [4.69, 9.17) is 5.73 Å². The van der Waals surface area contributed by atoms with Gasteiger partial charge < -0.3 is 16.5 Å². The number of para-hydroxylation sites is 1. The first kappa shape index (κ1) is 17.4. The van der Waals surface area contributed by atoms with Gasteiger partial charge in [0.25, 0.3) is 0 Å². The van der Waals surface area contributed by atoms with E-state index in [1.165, 1.54) is 0 Å². The molecule has 0 aromatic heterocycles. The predicted octanol–water partition coefficient (Wildman–Crippen LogP) is 2.46. The third kappa shape index (κ3) is 3.22. The van der Waals surface area contributed by atoms with Gasteiger partial charge in [0, 0.05) is 11.3 Å². The van der Waals surface area contributed by atoms with Gasteiger partial charge in [-0.2, -0.15) is 15.9 Å². The second-order valence-electron chi connectivity index (χ2n) is 5.58. The molecule has 1 atom stereocenters. The summed E-state index contributed by atoms with van der Waals surface area (Å²) in [5.74, 6) is 0.141. The summed E-state index contributed by atoms with van der Waals surface area (Å²) in [6.45, 7) is 0. The first-order chi connectivity index (χ1) is 12.6. The van der Waals surface area contributed by atoms with Gasteiger partial charge in [0.15, 0.2) is 4.99 Å². The van der Waals surface area contributed by atoms with Gasteiger partial charge in [0.2, 0.25) is 0 Å². The maximum atomic E-state index is 9.82. The van der Waals surface area contributed by atoms with E-state index in [-0.39, 0.29) is 17.0 Å². The minimum atomic E-state index is -1.31. The van der Waals surface area contributed by atoms with Crippen LogP contribution in [0.3, 0.4) is 0 Å². The van der Waals surface area contributed by atoms with Crippen LogP contribution in [-0.4, -0.2) is 4.99 Å². The topological polar surface area (TPSA) is 110 Å². The molecule has 0 aliphatic carbocycles. The van der Waals surface area contributed by atoms with Crippen LogP contribution in [0.2, 0.25) is 0 Å². The molecule has 1 aliphatic rings. The molecule has 6 nitrogen and oxygen atoms in total. The summed E-state index contributed by atoms with van der Waals surface area (Å²) in [4.78, 5) is -1.31. The van der Waals surface area contributed by atoms with E-state index in [2.05, 4.69) is 40.9 Å². The molecule has 1 aliphatic heterocycles. The molecule has 2 aromatic rings. The summed E-state index contributed by atoms with van der Waals surface area (Å²) in [7, 11) is 0. The highest BCUT2D eigenvalue weighted by Crippen LogP contribution is 2.37. The SMILES string of the molecule is N#CC1=C(N)NC(S)(NNc2ccccc2)C(C#N)=C1c1ccccc1. The summed E-state index contributed by atoms with van der Waals surface area (Å²) in [6, 6.07) is 22.8. The smallest absolute Gasteiger partial charge is 0.189 e. The Morgan fingerprint density at radius 2 is 1.58 bits per heavy atom. The molecule has 0 saturated carbocycles. The van der Waals surface area contributed by atoms with E-state index in [0.29, 0.717) is 11.1 Å². The average molecular weight is 360 g/mol. The quantitative estimate of drug-likeness (QED) is 0.325. The van der Waals surface area contributed by atoms with Gasteiger partial charge in [-0.3, -0.25) is 0 Å². The number of hydrazine groups is 1. The number of nitriles is 2. The Bertz CT molecular complexity index is 953. The number of allylic oxidation sites excluding steroid dienone is 2. The van der Waals surface area contributed by atoms with Crippen LogP contribution in [-0.2, 0) is 0 Å². The molecule has 0 radical (unpaired) electrons. The fraction of sp³-hybridized carbons (Fsp3) is 0.0526. The van der Waals surface area contributed by atoms with Crippen LogP contribution in [0.4, 0.5) is 5.69 Å². The molecule has 26 heavy (non-hydrogen) atoms. The summed E-state index contributed by atoms with van der Waals surface area (Å²) in [6.07, 6.45) is 0. The summed E-state index contributed by atoms with van der Waals surface area (Å²) >= 11 is 4.61. The first-order valence-corrected chi connectivity index (χ1v) is 8.23. The van der Waals surface area contributed by atoms with Crippen LogP contribution < -0.4 is 21.9 Å². The van der Waals surface area contributed by atoms with Crippen molar-refractivity contribution in [2.75, 3.05) is 5.43 Å². The van der Waals surface area contributed by atoms with E-state index < -0.39 is 4.99 Å². The van der Waals surface area contributed by atoms with Crippen LogP contribution in [0.5, 0.6) is 0 Å². The maximum absolute atomic E-state index is 9.82. The van der Waals surface area contributed by atoms with Gasteiger partial charge in [-0.15, -0.1) is 12.6 Å². The number of benzene rings is 2. The van der Waals surface area contributed by atoms with Crippen molar-refractivity contribution in [3.63, 3.8) is 0 Å². The molecule has 0 saturated heterocycles. The van der Waals surface area contributed by atoms with Gasteiger partial charge in [0.05, 0.1) is 5.57 Å². The molecule has 128 valence electrons. The minimum Gasteiger partial charge on any atom is -0.384 e. The Hall–Kier alpha value is -3.39. The van der Waals surface area contributed by atoms with Crippen molar-refractivity contribution in [3.05, 3.63) is 83.2 Å². The molecular formula is C19H16N6S. The Kier molecular flexibility index (Phi) is 4.85. The highest BCUT2D eigenvalue weighted by molar-refractivity contribution is 7.82. The Labute approximate surface area is 157 Å². The molecule has 1 heterocycles. The van der Waals surface area contributed by atoms with E-state index in [9.17, 15) is 10.5 Å². The Morgan fingerprint density at radius 1 is 0.962 bits per heavy atom. The largest absolute Gasteiger partial charge is 0.384 e. The van der Waals surface area contributed by atoms with Crippen molar-refractivity contribution < 1.29 is 0 Å². The monoisotopic (exact) mass is 360 g/mol. The summed E-state index contributed by atoms with van der Waals surface area (Å²) < 4.78 is 0. The number of dihydropyridines is 1. The van der Waals surface area contributed by atoms with Crippen LogP contribution in [0.15, 0.2) is 77.6 Å². The van der Waals surface area contributed by atoms with Crippen LogP contribution in [0, 0.1) is 22.7 Å². The summed E-state index contributed by atoms with van der Waals surface area (Å²) in [5.41, 5.74) is 14.5. The number of nitrogens with one attached hydrogen (secondary N) is 3. The average Bonchev–Trinajstić information content (AvgIpc) is 2.67. The molecule has 0 spiro atoms. The van der Waals surface area contributed by atoms with Crippen LogP contribution >= 0.6 is 12.6 Å². The minimum absolute atomic E-state index is 0.141. The van der Waals surface area contributed by atoms with Gasteiger partial charge in [-0.25, -0.2) is 0 Å². The Balaban J connectivity index is 2.07. The molecule has 2 aromatic carbocycles. The second-order valence-corrected chi connectivity index (χ2v) is 6.25. The zero-order valence-corrected chi connectivity index (χ0v) is 14.6. The number of anilines is 1. The molecular weight excluding hydrogens is 344 g/mol. The molecule has 0 amide bonds. The highest BCUT2D eigenvalue weighted by atomic mass is 32.1. The first-order valence-electron chi connectivity index (χ1n) is 7.78. The maximum Gasteiger partial charge on any atom is 0.189 e. The lowest BCUT2D eigenvalue weighted by Crippen LogP contribution is -2.58. The zero-order valence-electron chi connectivity index (χ0n) is 13.7. The molecule has 3 rings (SSSR count). The van der Waals surface area contributed by atoms with Gasteiger partial charge in [0.1, 0.15) is 23.5 Å². The van der Waals surface area contributed by atoms with E-state index in [1.807, 2.05) is 60.7 Å². The highest BCUT2D eigenvalue weighted by Gasteiger charge is 2.39. The summed E-state index contributed by atoms with van der Waals surface area (Å²) in [5, 5.41) is 22.3. The van der Waals surface area contributed by atoms with Crippen molar-refractivity contribution in [2.24, 2.45) is 5.73 Å². The van der Waals surface area contributed by atoms with E-state index >= 15 is 0 Å². The third-order valence-corrected chi connectivity index (χ3v) is 4.34. The standard InChI is InChI=1S/C19H16N6S/c20-11-15-17(13-7-3-1-4-8-13)16(12-21)19(26,23-18(15)22)25-24-14-9-5-2-6-10-14/h1-10,23-26H,22H2.